The van der Waals surface area contributed by atoms with E-state index in [1.165, 1.54) is 6.07 Å². The molecule has 0 bridgehead atoms. The van der Waals surface area contributed by atoms with Crippen LogP contribution >= 0.6 is 12.2 Å². The van der Waals surface area contributed by atoms with Gasteiger partial charge in [-0.2, -0.15) is 0 Å². The van der Waals surface area contributed by atoms with Crippen LogP contribution in [0.5, 0.6) is 0 Å². The van der Waals surface area contributed by atoms with Crippen LogP contribution in [0.2, 0.25) is 0 Å². The van der Waals surface area contributed by atoms with E-state index in [9.17, 15) is 4.39 Å². The van der Waals surface area contributed by atoms with Gasteiger partial charge in [0.2, 0.25) is 0 Å². The van der Waals surface area contributed by atoms with Crippen molar-refractivity contribution in [3.8, 4) is 0 Å². The third kappa shape index (κ3) is 3.68. The average Bonchev–Trinajstić information content (AvgIpc) is 3.39. The number of anilines is 1. The molecule has 31 heavy (non-hydrogen) atoms. The molecule has 154 valence electrons. The number of para-hydroxylation sites is 1. The number of halogens is 1. The molecule has 0 saturated carbocycles. The minimum Gasteiger partial charge on any atom is -0.351 e. The summed E-state index contributed by atoms with van der Waals surface area (Å²) in [5.74, 6) is -0.316. The van der Waals surface area contributed by atoms with E-state index in [0.29, 0.717) is 17.3 Å². The summed E-state index contributed by atoms with van der Waals surface area (Å²) in [6.07, 6.45) is 7.40. The molecule has 1 aromatic carbocycles. The summed E-state index contributed by atoms with van der Waals surface area (Å²) in [4.78, 5) is 10.6. The lowest BCUT2D eigenvalue weighted by molar-refractivity contribution is 0.527. The highest BCUT2D eigenvalue weighted by Gasteiger charge is 2.42. The van der Waals surface area contributed by atoms with Crippen LogP contribution in [0.1, 0.15) is 29.0 Å². The number of rotatable bonds is 5. The zero-order chi connectivity index (χ0) is 21.2. The van der Waals surface area contributed by atoms with Gasteiger partial charge in [0.1, 0.15) is 11.9 Å². The molecule has 4 heterocycles. The Morgan fingerprint density at radius 3 is 2.61 bits per heavy atom. The van der Waals surface area contributed by atoms with E-state index in [-0.39, 0.29) is 17.9 Å². The molecule has 1 N–H and O–H groups in total. The van der Waals surface area contributed by atoms with Crippen molar-refractivity contribution in [2.45, 2.75) is 18.6 Å². The molecule has 4 aromatic rings. The molecular formula is C24H20FN5S. The Bertz CT molecular complexity index is 1190. The Balaban J connectivity index is 1.62. The van der Waals surface area contributed by atoms with Gasteiger partial charge in [0.25, 0.3) is 0 Å². The van der Waals surface area contributed by atoms with Crippen LogP contribution in [0.4, 0.5) is 10.1 Å². The second-order valence-corrected chi connectivity index (χ2v) is 7.76. The molecule has 0 spiro atoms. The number of thiocarbonyl (C=S) groups is 1. The summed E-state index contributed by atoms with van der Waals surface area (Å²) in [6, 6.07) is 20.0. The van der Waals surface area contributed by atoms with Crippen LogP contribution in [0, 0.1) is 5.82 Å². The molecular weight excluding hydrogens is 409 g/mol. The molecule has 1 saturated heterocycles. The Hall–Kier alpha value is -3.58. The van der Waals surface area contributed by atoms with Crippen molar-refractivity contribution >= 4 is 23.0 Å². The monoisotopic (exact) mass is 429 g/mol. The van der Waals surface area contributed by atoms with E-state index in [2.05, 4.69) is 25.9 Å². The van der Waals surface area contributed by atoms with Gasteiger partial charge in [-0.1, -0.05) is 24.3 Å². The van der Waals surface area contributed by atoms with Crippen molar-refractivity contribution in [1.29, 1.82) is 0 Å². The van der Waals surface area contributed by atoms with Crippen LogP contribution in [-0.2, 0) is 6.54 Å². The highest BCUT2D eigenvalue weighted by molar-refractivity contribution is 7.80. The normalized spacial score (nSPS) is 18.2. The lowest BCUT2D eigenvalue weighted by atomic mass is 10.0. The molecule has 7 heteroatoms. The maximum atomic E-state index is 14.8. The van der Waals surface area contributed by atoms with Crippen molar-refractivity contribution in [1.82, 2.24) is 19.9 Å². The van der Waals surface area contributed by atoms with E-state index >= 15 is 0 Å². The first kappa shape index (κ1) is 19.4. The van der Waals surface area contributed by atoms with Crippen molar-refractivity contribution in [3.05, 3.63) is 114 Å². The number of hydrogen-bond donors (Lipinski definition) is 1. The maximum absolute atomic E-state index is 14.8. The van der Waals surface area contributed by atoms with Crippen LogP contribution in [0.15, 0.2) is 91.5 Å². The standard InChI is InChI=1S/C24H20FN5S/c25-18-8-1-2-10-20(18)30-23(22(28-24(30)31)19-9-3-4-13-27-19)21-11-6-14-29(21)16-17-7-5-12-26-15-17/h1-15,22-23H,16H2,(H,28,31)/t22-,23+/m0/s1. The Morgan fingerprint density at radius 1 is 0.968 bits per heavy atom. The van der Waals surface area contributed by atoms with Gasteiger partial charge in [0, 0.05) is 37.0 Å². The Kier molecular flexibility index (Phi) is 5.18. The minimum atomic E-state index is -0.316. The van der Waals surface area contributed by atoms with E-state index in [0.717, 1.165) is 17.0 Å². The number of benzene rings is 1. The van der Waals surface area contributed by atoms with E-state index in [4.69, 9.17) is 12.2 Å². The van der Waals surface area contributed by atoms with Crippen LogP contribution in [-0.4, -0.2) is 19.6 Å². The van der Waals surface area contributed by atoms with Gasteiger partial charge in [0.05, 0.1) is 17.4 Å². The number of pyridine rings is 2. The minimum absolute atomic E-state index is 0.226. The summed E-state index contributed by atoms with van der Waals surface area (Å²) in [5.41, 5.74) is 3.38. The summed E-state index contributed by atoms with van der Waals surface area (Å²) in [5, 5.41) is 3.85. The number of nitrogens with zero attached hydrogens (tertiary/aromatic N) is 4. The maximum Gasteiger partial charge on any atom is 0.174 e. The molecule has 1 fully saturated rings. The fraction of sp³-hybridized carbons (Fsp3) is 0.125. The lowest BCUT2D eigenvalue weighted by Crippen LogP contribution is -2.31. The predicted molar refractivity (Wildman–Crippen MR) is 122 cm³/mol. The summed E-state index contributed by atoms with van der Waals surface area (Å²) in [6.45, 7) is 0.652. The number of hydrogen-bond acceptors (Lipinski definition) is 3. The third-order valence-corrected chi connectivity index (χ3v) is 5.77. The molecule has 3 aromatic heterocycles. The van der Waals surface area contributed by atoms with Gasteiger partial charge in [-0.05, 0) is 60.2 Å². The molecule has 1 aliphatic heterocycles. The fourth-order valence-corrected chi connectivity index (χ4v) is 4.43. The van der Waals surface area contributed by atoms with Gasteiger partial charge < -0.3 is 14.8 Å². The molecule has 5 rings (SSSR count). The molecule has 0 radical (unpaired) electrons. The number of aromatic nitrogens is 3. The fourth-order valence-electron chi connectivity index (χ4n) is 4.09. The Morgan fingerprint density at radius 2 is 1.84 bits per heavy atom. The van der Waals surface area contributed by atoms with E-state index in [1.807, 2.05) is 59.8 Å². The van der Waals surface area contributed by atoms with Crippen molar-refractivity contribution in [2.24, 2.45) is 0 Å². The largest absolute Gasteiger partial charge is 0.351 e. The van der Waals surface area contributed by atoms with Gasteiger partial charge in [0.15, 0.2) is 5.11 Å². The summed E-state index contributed by atoms with van der Waals surface area (Å²) < 4.78 is 17.0. The van der Waals surface area contributed by atoms with Gasteiger partial charge in [-0.25, -0.2) is 4.39 Å². The topological polar surface area (TPSA) is 46.0 Å². The molecule has 0 unspecified atom stereocenters. The van der Waals surface area contributed by atoms with Gasteiger partial charge in [-0.3, -0.25) is 9.97 Å². The van der Waals surface area contributed by atoms with Gasteiger partial charge in [-0.15, -0.1) is 0 Å². The van der Waals surface area contributed by atoms with E-state index in [1.54, 1.807) is 24.5 Å². The van der Waals surface area contributed by atoms with Crippen LogP contribution in [0.25, 0.3) is 0 Å². The van der Waals surface area contributed by atoms with Crippen molar-refractivity contribution in [2.75, 3.05) is 4.90 Å². The summed E-state index contributed by atoms with van der Waals surface area (Å²) >= 11 is 5.68. The second kappa shape index (κ2) is 8.28. The number of nitrogens with one attached hydrogen (secondary N) is 1. The average molecular weight is 430 g/mol. The lowest BCUT2D eigenvalue weighted by Gasteiger charge is -2.29. The quantitative estimate of drug-likeness (QED) is 0.468. The predicted octanol–water partition coefficient (Wildman–Crippen LogP) is 4.64. The molecule has 0 amide bonds. The third-order valence-electron chi connectivity index (χ3n) is 5.45. The molecule has 2 atom stereocenters. The first-order valence-corrected chi connectivity index (χ1v) is 10.4. The second-order valence-electron chi connectivity index (χ2n) is 7.37. The zero-order valence-electron chi connectivity index (χ0n) is 16.6. The van der Waals surface area contributed by atoms with Crippen molar-refractivity contribution < 1.29 is 4.39 Å². The van der Waals surface area contributed by atoms with Crippen molar-refractivity contribution in [3.63, 3.8) is 0 Å². The Labute approximate surface area is 185 Å². The highest BCUT2D eigenvalue weighted by Crippen LogP contribution is 2.42. The van der Waals surface area contributed by atoms with Crippen LogP contribution < -0.4 is 10.2 Å². The zero-order valence-corrected chi connectivity index (χ0v) is 17.4. The van der Waals surface area contributed by atoms with Gasteiger partial charge >= 0.3 is 0 Å². The SMILES string of the molecule is Fc1ccccc1N1C(=S)N[C@@H](c2ccccn2)[C@H]1c1cccn1Cc1cccnc1. The molecule has 1 aliphatic rings. The molecule has 5 nitrogen and oxygen atoms in total. The smallest absolute Gasteiger partial charge is 0.174 e. The highest BCUT2D eigenvalue weighted by atomic mass is 32.1. The van der Waals surface area contributed by atoms with Crippen LogP contribution in [0.3, 0.4) is 0 Å². The van der Waals surface area contributed by atoms with E-state index < -0.39 is 0 Å². The summed E-state index contributed by atoms with van der Waals surface area (Å²) in [7, 11) is 0. The first-order valence-electron chi connectivity index (χ1n) is 10.0. The first-order chi connectivity index (χ1) is 15.2. The molecule has 0 aliphatic carbocycles.